The topological polar surface area (TPSA) is 150 Å². The molecule has 0 radical (unpaired) electrons. The van der Waals surface area contributed by atoms with Crippen LogP contribution in [0, 0.1) is 11.3 Å². The third-order valence-corrected chi connectivity index (χ3v) is 6.31. The van der Waals surface area contributed by atoms with E-state index >= 15 is 0 Å². The molecule has 2 heterocycles. The molecule has 0 bridgehead atoms. The number of nitrogens with one attached hydrogen (secondary N) is 1. The van der Waals surface area contributed by atoms with Crippen LogP contribution < -0.4 is 16.2 Å². The van der Waals surface area contributed by atoms with Crippen molar-refractivity contribution < 1.29 is 22.6 Å². The van der Waals surface area contributed by atoms with Crippen molar-refractivity contribution in [1.82, 2.24) is 19.5 Å². The molecule has 4 rings (SSSR count). The maximum absolute atomic E-state index is 13.1. The Morgan fingerprint density at radius 2 is 1.93 bits per heavy atom. The Morgan fingerprint density at radius 1 is 1.23 bits per heavy atom. The van der Waals surface area contributed by atoms with Crippen molar-refractivity contribution in [2.75, 3.05) is 14.2 Å². The Hall–Kier alpha value is -4.68. The van der Waals surface area contributed by atoms with Crippen LogP contribution in [0.25, 0.3) is 22.5 Å². The number of ether oxygens (including phenoxy) is 2. The number of rotatable bonds is 10. The minimum Gasteiger partial charge on any atom is -0.482 e. The Kier molecular flexibility index (Phi) is 8.21. The summed E-state index contributed by atoms with van der Waals surface area (Å²) in [4.78, 5) is 17.2. The predicted molar refractivity (Wildman–Crippen MR) is 145 cm³/mol. The normalized spacial score (nSPS) is 15.1. The Bertz CT molecular complexity index is 1490. The molecule has 3 aromatic rings. The van der Waals surface area contributed by atoms with Gasteiger partial charge < -0.3 is 30.9 Å². The first-order valence-electron chi connectivity index (χ1n) is 12.2. The average Bonchev–Trinajstić information content (AvgIpc) is 3.71. The number of aliphatic imine (C=N–C) groups is 1. The standard InChI is InChI=1S/C27H29F3N8O2/c1-34-22(16-8-9-16)21(23(33)39-3)24-35-12-19(18(10-31)11-32)26(37-24)40-14-15-4-6-17(7-5-15)25-36-20(13-38(25)2)27(28,29)30/h4-7,10-13,16,31H,8-9,14,32-33H2,1-3H3. The summed E-state index contributed by atoms with van der Waals surface area (Å²) in [5.74, 6) is 0.932. The van der Waals surface area contributed by atoms with Crippen LogP contribution in [0.15, 0.2) is 53.7 Å². The summed E-state index contributed by atoms with van der Waals surface area (Å²) in [7, 11) is 4.63. The number of allylic oxidation sites excluding steroid dienone is 2. The second-order valence-corrected chi connectivity index (χ2v) is 9.05. The second-order valence-electron chi connectivity index (χ2n) is 9.05. The van der Waals surface area contributed by atoms with Crippen molar-refractivity contribution in [3.8, 4) is 17.3 Å². The summed E-state index contributed by atoms with van der Waals surface area (Å²) >= 11 is 0. The summed E-state index contributed by atoms with van der Waals surface area (Å²) in [5.41, 5.74) is 14.1. The Balaban J connectivity index is 1.64. The van der Waals surface area contributed by atoms with Crippen LogP contribution >= 0.6 is 0 Å². The molecule has 0 unspecified atom stereocenters. The van der Waals surface area contributed by atoms with E-state index < -0.39 is 11.9 Å². The first-order valence-corrected chi connectivity index (χ1v) is 12.2. The van der Waals surface area contributed by atoms with Gasteiger partial charge in [-0.15, -0.1) is 0 Å². The molecule has 1 aliphatic carbocycles. The second kappa shape index (κ2) is 11.6. The van der Waals surface area contributed by atoms with Crippen LogP contribution in [-0.4, -0.2) is 45.6 Å². The molecule has 2 aromatic heterocycles. The van der Waals surface area contributed by atoms with Crippen molar-refractivity contribution in [3.63, 3.8) is 0 Å². The monoisotopic (exact) mass is 554 g/mol. The number of halogens is 3. The van der Waals surface area contributed by atoms with E-state index in [-0.39, 0.29) is 35.9 Å². The Labute approximate surface area is 228 Å². The molecule has 0 saturated heterocycles. The van der Waals surface area contributed by atoms with Crippen molar-refractivity contribution in [2.45, 2.75) is 25.6 Å². The largest absolute Gasteiger partial charge is 0.482 e. The molecule has 0 spiro atoms. The van der Waals surface area contributed by atoms with Crippen molar-refractivity contribution in [1.29, 1.82) is 5.41 Å². The highest BCUT2D eigenvalue weighted by Crippen LogP contribution is 2.37. The van der Waals surface area contributed by atoms with E-state index in [1.54, 1.807) is 31.3 Å². The van der Waals surface area contributed by atoms with Crippen LogP contribution in [0.4, 0.5) is 13.2 Å². The van der Waals surface area contributed by atoms with Crippen LogP contribution in [0.1, 0.15) is 35.5 Å². The zero-order valence-electron chi connectivity index (χ0n) is 22.2. The number of benzene rings is 1. The summed E-state index contributed by atoms with van der Waals surface area (Å²) in [6.45, 7) is 0.0596. The van der Waals surface area contributed by atoms with Gasteiger partial charge in [0, 0.05) is 56.0 Å². The molecule has 1 fully saturated rings. The van der Waals surface area contributed by atoms with E-state index in [1.807, 2.05) is 0 Å². The molecule has 5 N–H and O–H groups in total. The van der Waals surface area contributed by atoms with Gasteiger partial charge in [-0.3, -0.25) is 4.99 Å². The number of imidazole rings is 1. The number of nitrogens with zero attached hydrogens (tertiary/aromatic N) is 5. The molecule has 210 valence electrons. The first-order chi connectivity index (χ1) is 19.1. The maximum atomic E-state index is 13.1. The summed E-state index contributed by atoms with van der Waals surface area (Å²) < 4.78 is 51.9. The predicted octanol–water partition coefficient (Wildman–Crippen LogP) is 4.18. The van der Waals surface area contributed by atoms with Gasteiger partial charge in [-0.2, -0.15) is 18.2 Å². The number of hydrogen-bond donors (Lipinski definition) is 3. The summed E-state index contributed by atoms with van der Waals surface area (Å²) in [6, 6.07) is 6.77. The minimum absolute atomic E-state index is 0.0596. The fourth-order valence-electron chi connectivity index (χ4n) is 4.09. The van der Waals surface area contributed by atoms with Crippen molar-refractivity contribution in [3.05, 3.63) is 71.4 Å². The number of nitrogens with two attached hydrogens (primary N) is 2. The van der Waals surface area contributed by atoms with Crippen LogP contribution in [-0.2, 0) is 24.6 Å². The highest BCUT2D eigenvalue weighted by atomic mass is 19.4. The molecule has 1 saturated carbocycles. The van der Waals surface area contributed by atoms with Crippen LogP contribution in [0.5, 0.6) is 5.88 Å². The van der Waals surface area contributed by atoms with Gasteiger partial charge in [-0.25, -0.2) is 9.97 Å². The smallest absolute Gasteiger partial charge is 0.434 e. The number of aromatic nitrogens is 4. The zero-order chi connectivity index (χ0) is 29.0. The fraction of sp³-hybridized carbons (Fsp3) is 0.296. The van der Waals surface area contributed by atoms with Gasteiger partial charge in [-0.1, -0.05) is 24.3 Å². The van der Waals surface area contributed by atoms with Gasteiger partial charge in [-0.05, 0) is 18.4 Å². The highest BCUT2D eigenvalue weighted by molar-refractivity contribution is 6.25. The summed E-state index contributed by atoms with van der Waals surface area (Å²) in [5, 5.41) is 7.72. The lowest BCUT2D eigenvalue weighted by molar-refractivity contribution is -0.140. The van der Waals surface area contributed by atoms with E-state index in [2.05, 4.69) is 19.9 Å². The lowest BCUT2D eigenvalue weighted by atomic mass is 10.1. The van der Waals surface area contributed by atoms with E-state index in [4.69, 9.17) is 26.4 Å². The molecule has 0 atom stereocenters. The highest BCUT2D eigenvalue weighted by Gasteiger charge is 2.35. The van der Waals surface area contributed by atoms with Crippen molar-refractivity contribution >= 4 is 23.1 Å². The van der Waals surface area contributed by atoms with E-state index in [0.717, 1.165) is 31.0 Å². The molecule has 13 heteroatoms. The molecule has 10 nitrogen and oxygen atoms in total. The molecule has 40 heavy (non-hydrogen) atoms. The lowest BCUT2D eigenvalue weighted by Gasteiger charge is -2.15. The van der Waals surface area contributed by atoms with Gasteiger partial charge in [0.05, 0.1) is 18.4 Å². The van der Waals surface area contributed by atoms with Gasteiger partial charge in [0.1, 0.15) is 18.0 Å². The fourth-order valence-corrected chi connectivity index (χ4v) is 4.09. The minimum atomic E-state index is -4.53. The number of methoxy groups -OCH3 is 1. The summed E-state index contributed by atoms with van der Waals surface area (Å²) in [6.07, 6.45) is 2.15. The first kappa shape index (κ1) is 28.3. The number of aryl methyl sites for hydroxylation is 1. The van der Waals surface area contributed by atoms with E-state index in [9.17, 15) is 13.2 Å². The van der Waals surface area contributed by atoms with Gasteiger partial charge >= 0.3 is 6.18 Å². The zero-order valence-corrected chi connectivity index (χ0v) is 22.2. The molecular weight excluding hydrogens is 525 g/mol. The number of hydrogen-bond acceptors (Lipinski definition) is 9. The molecule has 0 amide bonds. The van der Waals surface area contributed by atoms with Crippen LogP contribution in [0.3, 0.4) is 0 Å². The third kappa shape index (κ3) is 5.98. The quantitative estimate of drug-likeness (QED) is 0.251. The SMILES string of the molecule is CN=C(C(=C(N)OC)c1ncc(C(C=N)=CN)c(OCc2ccc(-c3nc(C(F)(F)F)cn3C)cc2)n1)C1CC1. The maximum Gasteiger partial charge on any atom is 0.434 e. The van der Waals surface area contributed by atoms with E-state index in [1.165, 1.54) is 31.1 Å². The van der Waals surface area contributed by atoms with Gasteiger partial charge in [0.2, 0.25) is 5.88 Å². The van der Waals surface area contributed by atoms with Crippen LogP contribution in [0.2, 0.25) is 0 Å². The molecule has 1 aliphatic rings. The van der Waals surface area contributed by atoms with Gasteiger partial charge in [0.15, 0.2) is 17.4 Å². The lowest BCUT2D eigenvalue weighted by Crippen LogP contribution is -2.16. The molecule has 1 aromatic carbocycles. The van der Waals surface area contributed by atoms with E-state index in [0.29, 0.717) is 27.8 Å². The van der Waals surface area contributed by atoms with Gasteiger partial charge in [0.25, 0.3) is 0 Å². The molecular formula is C27H29F3N8O2. The van der Waals surface area contributed by atoms with Crippen molar-refractivity contribution in [2.24, 2.45) is 29.4 Å². The third-order valence-electron chi connectivity index (χ3n) is 6.31. The number of alkyl halides is 3. The average molecular weight is 555 g/mol. The Morgan fingerprint density at radius 3 is 2.45 bits per heavy atom. The molecule has 0 aliphatic heterocycles.